The number of carboxylic acids is 1. The van der Waals surface area contributed by atoms with Gasteiger partial charge >= 0.3 is 12.0 Å². The summed E-state index contributed by atoms with van der Waals surface area (Å²) in [6.07, 6.45) is 2.87. The standard InChI is InChI=1S/C12H24N2O3S/c1-8(2)10(7-11(15)16)14-12(17)13-9(3)5-6-18-4/h8-10H,5-7H2,1-4H3,(H,15,16)(H2,13,14,17). The van der Waals surface area contributed by atoms with Gasteiger partial charge in [0.2, 0.25) is 0 Å². The van der Waals surface area contributed by atoms with Crippen molar-refractivity contribution in [2.24, 2.45) is 5.92 Å². The molecule has 0 fully saturated rings. The molecule has 3 N–H and O–H groups in total. The quantitative estimate of drug-likeness (QED) is 0.633. The van der Waals surface area contributed by atoms with Gasteiger partial charge in [-0.25, -0.2) is 4.79 Å². The van der Waals surface area contributed by atoms with E-state index in [1.54, 1.807) is 11.8 Å². The van der Waals surface area contributed by atoms with E-state index >= 15 is 0 Å². The molecule has 0 aromatic carbocycles. The second-order valence-electron chi connectivity index (χ2n) is 4.75. The Labute approximate surface area is 113 Å². The van der Waals surface area contributed by atoms with Crippen molar-refractivity contribution < 1.29 is 14.7 Å². The zero-order chi connectivity index (χ0) is 14.1. The molecule has 0 saturated heterocycles. The minimum Gasteiger partial charge on any atom is -0.481 e. The SMILES string of the molecule is CSCCC(C)NC(=O)NC(CC(=O)O)C(C)C. The number of nitrogens with one attached hydrogen (secondary N) is 2. The van der Waals surface area contributed by atoms with Gasteiger partial charge in [-0.15, -0.1) is 0 Å². The summed E-state index contributed by atoms with van der Waals surface area (Å²) in [5.41, 5.74) is 0. The number of aliphatic carboxylic acids is 1. The van der Waals surface area contributed by atoms with Crippen LogP contribution in [0, 0.1) is 5.92 Å². The molecule has 0 spiro atoms. The van der Waals surface area contributed by atoms with Gasteiger partial charge in [0.15, 0.2) is 0 Å². The van der Waals surface area contributed by atoms with Gasteiger partial charge in [-0.3, -0.25) is 4.79 Å². The topological polar surface area (TPSA) is 78.4 Å². The molecule has 0 heterocycles. The Hall–Kier alpha value is -0.910. The van der Waals surface area contributed by atoms with Crippen molar-refractivity contribution in [3.8, 4) is 0 Å². The molecular weight excluding hydrogens is 252 g/mol. The Balaban J connectivity index is 4.13. The van der Waals surface area contributed by atoms with E-state index in [2.05, 4.69) is 10.6 Å². The number of urea groups is 1. The summed E-state index contributed by atoms with van der Waals surface area (Å²) in [6, 6.07) is -0.533. The van der Waals surface area contributed by atoms with E-state index in [-0.39, 0.29) is 30.5 Å². The average molecular weight is 276 g/mol. The van der Waals surface area contributed by atoms with Crippen LogP contribution in [0.5, 0.6) is 0 Å². The van der Waals surface area contributed by atoms with E-state index in [0.717, 1.165) is 12.2 Å². The maximum atomic E-state index is 11.7. The predicted octanol–water partition coefficient (Wildman–Crippen LogP) is 1.93. The Morgan fingerprint density at radius 3 is 2.28 bits per heavy atom. The Morgan fingerprint density at radius 2 is 1.83 bits per heavy atom. The van der Waals surface area contributed by atoms with Crippen LogP contribution in [0.2, 0.25) is 0 Å². The molecule has 0 aromatic rings. The van der Waals surface area contributed by atoms with Crippen LogP contribution in [0.1, 0.15) is 33.6 Å². The van der Waals surface area contributed by atoms with Crippen molar-refractivity contribution in [3.63, 3.8) is 0 Å². The molecular formula is C12H24N2O3S. The average Bonchev–Trinajstić information content (AvgIpc) is 2.24. The molecule has 5 nitrogen and oxygen atoms in total. The zero-order valence-electron chi connectivity index (χ0n) is 11.5. The minimum atomic E-state index is -0.899. The first-order chi connectivity index (χ1) is 8.36. The Bertz CT molecular complexity index is 272. The smallest absolute Gasteiger partial charge is 0.315 e. The lowest BCUT2D eigenvalue weighted by Crippen LogP contribution is -2.48. The maximum Gasteiger partial charge on any atom is 0.315 e. The fourth-order valence-corrected chi connectivity index (χ4v) is 2.03. The first-order valence-electron chi connectivity index (χ1n) is 6.14. The fraction of sp³-hybridized carbons (Fsp3) is 0.833. The Morgan fingerprint density at radius 1 is 1.22 bits per heavy atom. The molecule has 6 heteroatoms. The lowest BCUT2D eigenvalue weighted by atomic mass is 10.0. The molecule has 0 bridgehead atoms. The van der Waals surface area contributed by atoms with Gasteiger partial charge in [0.1, 0.15) is 0 Å². The molecule has 0 saturated carbocycles. The van der Waals surface area contributed by atoms with Gasteiger partial charge in [0.25, 0.3) is 0 Å². The van der Waals surface area contributed by atoms with Gasteiger partial charge < -0.3 is 15.7 Å². The van der Waals surface area contributed by atoms with Crippen molar-refractivity contribution in [3.05, 3.63) is 0 Å². The maximum absolute atomic E-state index is 11.7. The van der Waals surface area contributed by atoms with Gasteiger partial charge in [0, 0.05) is 12.1 Å². The van der Waals surface area contributed by atoms with Crippen molar-refractivity contribution >= 4 is 23.8 Å². The van der Waals surface area contributed by atoms with Crippen LogP contribution in [-0.4, -0.2) is 41.2 Å². The van der Waals surface area contributed by atoms with E-state index in [9.17, 15) is 9.59 Å². The first kappa shape index (κ1) is 17.1. The van der Waals surface area contributed by atoms with Crippen molar-refractivity contribution in [1.29, 1.82) is 0 Å². The summed E-state index contributed by atoms with van der Waals surface area (Å²) in [6.45, 7) is 5.73. The van der Waals surface area contributed by atoms with Gasteiger partial charge in [-0.05, 0) is 31.3 Å². The molecule has 18 heavy (non-hydrogen) atoms. The lowest BCUT2D eigenvalue weighted by Gasteiger charge is -2.22. The molecule has 0 aliphatic carbocycles. The molecule has 0 aliphatic rings. The molecule has 0 aromatic heterocycles. The van der Waals surface area contributed by atoms with Crippen LogP contribution in [-0.2, 0) is 4.79 Å². The van der Waals surface area contributed by atoms with E-state index < -0.39 is 5.97 Å². The van der Waals surface area contributed by atoms with Crippen LogP contribution in [0.3, 0.4) is 0 Å². The normalized spacial score (nSPS) is 14.1. The lowest BCUT2D eigenvalue weighted by molar-refractivity contribution is -0.137. The monoisotopic (exact) mass is 276 g/mol. The van der Waals surface area contributed by atoms with Crippen LogP contribution in [0.15, 0.2) is 0 Å². The van der Waals surface area contributed by atoms with Crippen molar-refractivity contribution in [2.45, 2.75) is 45.7 Å². The van der Waals surface area contributed by atoms with Crippen LogP contribution in [0.4, 0.5) is 4.79 Å². The highest BCUT2D eigenvalue weighted by molar-refractivity contribution is 7.98. The highest BCUT2D eigenvalue weighted by Crippen LogP contribution is 2.06. The zero-order valence-corrected chi connectivity index (χ0v) is 12.3. The van der Waals surface area contributed by atoms with E-state index in [1.165, 1.54) is 0 Å². The summed E-state index contributed by atoms with van der Waals surface area (Å²) < 4.78 is 0. The molecule has 0 radical (unpaired) electrons. The summed E-state index contributed by atoms with van der Waals surface area (Å²) >= 11 is 1.73. The number of rotatable bonds is 8. The number of carbonyl (C=O) groups is 2. The first-order valence-corrected chi connectivity index (χ1v) is 7.54. The summed E-state index contributed by atoms with van der Waals surface area (Å²) in [5.74, 6) is 0.183. The number of thioether (sulfide) groups is 1. The number of carboxylic acid groups (broad SMARTS) is 1. The highest BCUT2D eigenvalue weighted by atomic mass is 32.2. The minimum absolute atomic E-state index is 0.0513. The third-order valence-electron chi connectivity index (χ3n) is 2.65. The molecule has 0 rings (SSSR count). The van der Waals surface area contributed by atoms with Gasteiger partial charge in [-0.1, -0.05) is 13.8 Å². The number of hydrogen-bond donors (Lipinski definition) is 3. The third-order valence-corrected chi connectivity index (χ3v) is 3.29. The van der Waals surface area contributed by atoms with E-state index in [0.29, 0.717) is 0 Å². The Kier molecular flexibility index (Phi) is 8.62. The van der Waals surface area contributed by atoms with Gasteiger partial charge in [0.05, 0.1) is 6.42 Å². The second-order valence-corrected chi connectivity index (χ2v) is 5.73. The molecule has 106 valence electrons. The van der Waals surface area contributed by atoms with Crippen molar-refractivity contribution in [1.82, 2.24) is 10.6 Å². The van der Waals surface area contributed by atoms with E-state index in [1.807, 2.05) is 27.0 Å². The van der Waals surface area contributed by atoms with E-state index in [4.69, 9.17) is 5.11 Å². The fourth-order valence-electron chi connectivity index (χ4n) is 1.44. The van der Waals surface area contributed by atoms with Crippen LogP contribution in [0.25, 0.3) is 0 Å². The number of hydrogen-bond acceptors (Lipinski definition) is 3. The molecule has 2 unspecified atom stereocenters. The molecule has 0 aliphatic heterocycles. The summed E-state index contributed by atoms with van der Waals surface area (Å²) in [5, 5.41) is 14.3. The number of amides is 2. The highest BCUT2D eigenvalue weighted by Gasteiger charge is 2.19. The molecule has 2 atom stereocenters. The summed E-state index contributed by atoms with van der Waals surface area (Å²) in [4.78, 5) is 22.4. The largest absolute Gasteiger partial charge is 0.481 e. The van der Waals surface area contributed by atoms with Crippen molar-refractivity contribution in [2.75, 3.05) is 12.0 Å². The summed E-state index contributed by atoms with van der Waals surface area (Å²) in [7, 11) is 0. The number of carbonyl (C=O) groups excluding carboxylic acids is 1. The van der Waals surface area contributed by atoms with Crippen LogP contribution >= 0.6 is 11.8 Å². The predicted molar refractivity (Wildman–Crippen MR) is 75.0 cm³/mol. The van der Waals surface area contributed by atoms with Gasteiger partial charge in [-0.2, -0.15) is 11.8 Å². The van der Waals surface area contributed by atoms with Crippen LogP contribution < -0.4 is 10.6 Å². The second kappa shape index (κ2) is 9.08. The third kappa shape index (κ3) is 8.22. The molecule has 2 amide bonds.